The predicted octanol–water partition coefficient (Wildman–Crippen LogP) is 1.43. The molecule has 8 heteroatoms. The van der Waals surface area contributed by atoms with Gasteiger partial charge in [-0.15, -0.1) is 0 Å². The summed E-state index contributed by atoms with van der Waals surface area (Å²) in [4.78, 5) is 27.7. The highest BCUT2D eigenvalue weighted by atomic mass is 19.3. The van der Waals surface area contributed by atoms with E-state index in [0.29, 0.717) is 13.1 Å². The summed E-state index contributed by atoms with van der Waals surface area (Å²) in [5, 5.41) is 4.26. The van der Waals surface area contributed by atoms with Crippen LogP contribution in [0.15, 0.2) is 12.3 Å². The van der Waals surface area contributed by atoms with Crippen LogP contribution in [-0.4, -0.2) is 57.0 Å². The molecule has 0 aromatic carbocycles. The Morgan fingerprint density at radius 2 is 2.00 bits per heavy atom. The lowest BCUT2D eigenvalue weighted by molar-refractivity contribution is -0.167. The molecule has 2 aliphatic heterocycles. The second kappa shape index (κ2) is 5.53. The van der Waals surface area contributed by atoms with Crippen LogP contribution >= 0.6 is 0 Å². The maximum Gasteiger partial charge on any atom is 0.282 e. The summed E-state index contributed by atoms with van der Waals surface area (Å²) >= 11 is 0. The number of hydrogen-bond acceptors (Lipinski definition) is 3. The summed E-state index contributed by atoms with van der Waals surface area (Å²) < 4.78 is 27.7. The van der Waals surface area contributed by atoms with Gasteiger partial charge in [0.1, 0.15) is 0 Å². The normalized spacial score (nSPS) is 25.7. The van der Waals surface area contributed by atoms with Gasteiger partial charge in [0.2, 0.25) is 11.8 Å². The number of nitrogens with zero attached hydrogens (tertiary/aromatic N) is 4. The molecule has 2 fully saturated rings. The van der Waals surface area contributed by atoms with E-state index in [0.717, 1.165) is 25.0 Å². The summed E-state index contributed by atoms with van der Waals surface area (Å²) in [7, 11) is 0. The zero-order chi connectivity index (χ0) is 16.9. The molecule has 1 saturated heterocycles. The second-order valence-corrected chi connectivity index (χ2v) is 7.08. The molecule has 0 N–H and O–H groups in total. The van der Waals surface area contributed by atoms with E-state index in [4.69, 9.17) is 0 Å². The molecule has 3 heterocycles. The average Bonchev–Trinajstić information content (AvgIpc) is 2.91. The number of alkyl halides is 2. The third-order valence-electron chi connectivity index (χ3n) is 5.26. The van der Waals surface area contributed by atoms with Crippen molar-refractivity contribution in [1.29, 1.82) is 0 Å². The van der Waals surface area contributed by atoms with E-state index in [1.165, 1.54) is 4.90 Å². The Hall–Kier alpha value is -1.99. The van der Waals surface area contributed by atoms with Crippen molar-refractivity contribution in [3.8, 4) is 0 Å². The molecule has 0 bridgehead atoms. The van der Waals surface area contributed by atoms with Gasteiger partial charge in [-0.3, -0.25) is 14.3 Å². The molecular formula is C16H20F2N4O2. The standard InChI is InChI=1S/C16H20F2N4O2/c17-16(18)9-21(10-16)14(23)6-13-8-20(15(24)11-2-1-3-11)7-12-4-5-19-22(12)13/h4-5,11,13H,1-3,6-10H2/t13-/m0/s1. The SMILES string of the molecule is O=C(C[C@H]1CN(C(=O)C2CCC2)Cc2ccnn21)N1CC(F)(F)C1. The monoisotopic (exact) mass is 338 g/mol. The summed E-state index contributed by atoms with van der Waals surface area (Å²) in [6.07, 6.45) is 4.70. The zero-order valence-electron chi connectivity index (χ0n) is 13.3. The first-order chi connectivity index (χ1) is 11.4. The number of aromatic nitrogens is 2. The Balaban J connectivity index is 1.45. The molecule has 1 aliphatic carbocycles. The van der Waals surface area contributed by atoms with Gasteiger partial charge in [-0.2, -0.15) is 5.10 Å². The number of amides is 2. The molecule has 0 radical (unpaired) electrons. The van der Waals surface area contributed by atoms with Crippen LogP contribution in [-0.2, 0) is 16.1 Å². The topological polar surface area (TPSA) is 58.4 Å². The summed E-state index contributed by atoms with van der Waals surface area (Å²) in [5.74, 6) is -2.82. The van der Waals surface area contributed by atoms with Crippen LogP contribution in [0.5, 0.6) is 0 Å². The summed E-state index contributed by atoms with van der Waals surface area (Å²) in [6, 6.07) is 1.56. The largest absolute Gasteiger partial charge is 0.334 e. The Labute approximate surface area is 138 Å². The molecule has 1 aromatic heterocycles. The second-order valence-electron chi connectivity index (χ2n) is 7.08. The highest BCUT2D eigenvalue weighted by Gasteiger charge is 2.46. The maximum absolute atomic E-state index is 13.0. The molecule has 24 heavy (non-hydrogen) atoms. The Kier molecular flexibility index (Phi) is 3.58. The van der Waals surface area contributed by atoms with Gasteiger partial charge in [-0.25, -0.2) is 8.78 Å². The lowest BCUT2D eigenvalue weighted by Crippen LogP contribution is -2.59. The van der Waals surface area contributed by atoms with Crippen molar-refractivity contribution in [2.24, 2.45) is 5.92 Å². The van der Waals surface area contributed by atoms with E-state index in [-0.39, 0.29) is 30.2 Å². The van der Waals surface area contributed by atoms with Gasteiger partial charge in [0.15, 0.2) is 0 Å². The van der Waals surface area contributed by atoms with Crippen LogP contribution in [0.25, 0.3) is 0 Å². The van der Waals surface area contributed by atoms with Gasteiger partial charge >= 0.3 is 0 Å². The fourth-order valence-electron chi connectivity index (χ4n) is 3.64. The molecule has 1 aromatic rings. The van der Waals surface area contributed by atoms with Crippen LogP contribution in [0.4, 0.5) is 8.78 Å². The third-order valence-corrected chi connectivity index (χ3v) is 5.26. The molecule has 2 amide bonds. The minimum Gasteiger partial charge on any atom is -0.334 e. The first-order valence-electron chi connectivity index (χ1n) is 8.40. The van der Waals surface area contributed by atoms with Gasteiger partial charge in [0.25, 0.3) is 5.92 Å². The molecule has 130 valence electrons. The van der Waals surface area contributed by atoms with Crippen LogP contribution in [0.3, 0.4) is 0 Å². The van der Waals surface area contributed by atoms with E-state index in [2.05, 4.69) is 5.10 Å². The molecule has 1 saturated carbocycles. The highest BCUT2D eigenvalue weighted by molar-refractivity contribution is 5.80. The number of hydrogen-bond donors (Lipinski definition) is 0. The Morgan fingerprint density at radius 1 is 1.25 bits per heavy atom. The van der Waals surface area contributed by atoms with Crippen LogP contribution in [0.2, 0.25) is 0 Å². The Morgan fingerprint density at radius 3 is 2.62 bits per heavy atom. The summed E-state index contributed by atoms with van der Waals surface area (Å²) in [5.41, 5.74) is 0.890. The Bertz CT molecular complexity index is 663. The fourth-order valence-corrected chi connectivity index (χ4v) is 3.64. The quantitative estimate of drug-likeness (QED) is 0.838. The lowest BCUT2D eigenvalue weighted by Gasteiger charge is -2.41. The molecular weight excluding hydrogens is 318 g/mol. The minimum absolute atomic E-state index is 0.0964. The minimum atomic E-state index is -2.76. The predicted molar refractivity (Wildman–Crippen MR) is 80.2 cm³/mol. The number of rotatable bonds is 3. The van der Waals surface area contributed by atoms with Gasteiger partial charge in [-0.1, -0.05) is 6.42 Å². The van der Waals surface area contributed by atoms with Crippen molar-refractivity contribution in [2.75, 3.05) is 19.6 Å². The van der Waals surface area contributed by atoms with Crippen LogP contribution < -0.4 is 0 Å². The van der Waals surface area contributed by atoms with E-state index < -0.39 is 19.0 Å². The number of carbonyl (C=O) groups is 2. The van der Waals surface area contributed by atoms with E-state index >= 15 is 0 Å². The molecule has 6 nitrogen and oxygen atoms in total. The molecule has 3 aliphatic rings. The van der Waals surface area contributed by atoms with Crippen molar-refractivity contribution in [2.45, 2.75) is 44.2 Å². The van der Waals surface area contributed by atoms with Gasteiger partial charge in [0.05, 0.1) is 37.8 Å². The molecule has 1 atom stereocenters. The lowest BCUT2D eigenvalue weighted by atomic mass is 9.84. The van der Waals surface area contributed by atoms with Crippen molar-refractivity contribution >= 4 is 11.8 Å². The smallest absolute Gasteiger partial charge is 0.282 e. The van der Waals surface area contributed by atoms with Gasteiger partial charge in [-0.05, 0) is 18.9 Å². The van der Waals surface area contributed by atoms with E-state index in [9.17, 15) is 18.4 Å². The molecule has 0 spiro atoms. The third kappa shape index (κ3) is 2.67. The van der Waals surface area contributed by atoms with Gasteiger partial charge in [0, 0.05) is 18.7 Å². The average molecular weight is 338 g/mol. The van der Waals surface area contributed by atoms with Gasteiger partial charge < -0.3 is 9.80 Å². The summed E-state index contributed by atoms with van der Waals surface area (Å²) in [6.45, 7) is -0.0910. The van der Waals surface area contributed by atoms with Crippen LogP contribution in [0, 0.1) is 5.92 Å². The van der Waals surface area contributed by atoms with Crippen LogP contribution in [0.1, 0.15) is 37.4 Å². The van der Waals surface area contributed by atoms with Crippen molar-refractivity contribution < 1.29 is 18.4 Å². The molecule has 0 unspecified atom stereocenters. The maximum atomic E-state index is 13.0. The van der Waals surface area contributed by atoms with Crippen molar-refractivity contribution in [1.82, 2.24) is 19.6 Å². The van der Waals surface area contributed by atoms with Crippen molar-refractivity contribution in [3.05, 3.63) is 18.0 Å². The number of halogens is 2. The number of carbonyl (C=O) groups excluding carboxylic acids is 2. The van der Waals surface area contributed by atoms with E-state index in [1.54, 1.807) is 15.8 Å². The molecule has 4 rings (SSSR count). The first-order valence-corrected chi connectivity index (χ1v) is 8.40. The van der Waals surface area contributed by atoms with E-state index in [1.807, 2.05) is 6.07 Å². The zero-order valence-corrected chi connectivity index (χ0v) is 13.3. The fraction of sp³-hybridized carbons (Fsp3) is 0.688. The number of likely N-dealkylation sites (tertiary alicyclic amines) is 1. The highest BCUT2D eigenvalue weighted by Crippen LogP contribution is 2.33. The van der Waals surface area contributed by atoms with Crippen molar-refractivity contribution in [3.63, 3.8) is 0 Å². The first kappa shape index (κ1) is 15.5. The number of fused-ring (bicyclic) bond motifs is 1.